The van der Waals surface area contributed by atoms with Crippen LogP contribution in [0.5, 0.6) is 0 Å². The maximum Gasteiger partial charge on any atom is 0.252 e. The number of nitriles is 1. The number of aromatic nitrogens is 2. The first-order valence-electron chi connectivity index (χ1n) is 10.3. The van der Waals surface area contributed by atoms with Gasteiger partial charge in [-0.3, -0.25) is 9.59 Å². The van der Waals surface area contributed by atoms with Gasteiger partial charge < -0.3 is 15.2 Å². The number of carbonyl (C=O) groups excluding carboxylic acids is 2. The SMILES string of the molecule is Cn1c(CNC(=O)c2ccccc2SCC(=O)Nc2cccc(C#N)c2)nc2ccccc21. The lowest BCUT2D eigenvalue weighted by Crippen LogP contribution is -2.25. The highest BCUT2D eigenvalue weighted by Crippen LogP contribution is 2.23. The van der Waals surface area contributed by atoms with Gasteiger partial charge in [-0.05, 0) is 42.5 Å². The molecule has 4 rings (SSSR count). The van der Waals surface area contributed by atoms with E-state index in [4.69, 9.17) is 5.26 Å². The van der Waals surface area contributed by atoms with Gasteiger partial charge in [0.2, 0.25) is 5.91 Å². The molecule has 0 spiro atoms. The molecule has 0 aliphatic carbocycles. The Labute approximate surface area is 195 Å². The number of anilines is 1. The van der Waals surface area contributed by atoms with Crippen LogP contribution in [0.1, 0.15) is 21.7 Å². The lowest BCUT2D eigenvalue weighted by Gasteiger charge is -2.10. The van der Waals surface area contributed by atoms with Crippen molar-refractivity contribution in [1.29, 1.82) is 5.26 Å². The van der Waals surface area contributed by atoms with Crippen LogP contribution < -0.4 is 10.6 Å². The summed E-state index contributed by atoms with van der Waals surface area (Å²) in [5.41, 5.74) is 3.42. The predicted molar refractivity (Wildman–Crippen MR) is 129 cm³/mol. The van der Waals surface area contributed by atoms with Crippen LogP contribution in [0.25, 0.3) is 11.0 Å². The molecule has 3 aromatic carbocycles. The second kappa shape index (κ2) is 10.0. The number of nitrogens with one attached hydrogen (secondary N) is 2. The number of fused-ring (bicyclic) bond motifs is 1. The first-order valence-corrected chi connectivity index (χ1v) is 11.2. The third-order valence-electron chi connectivity index (χ3n) is 5.05. The molecular weight excluding hydrogens is 434 g/mol. The molecule has 0 aliphatic rings. The van der Waals surface area contributed by atoms with E-state index in [9.17, 15) is 9.59 Å². The van der Waals surface area contributed by atoms with Crippen molar-refractivity contribution in [3.8, 4) is 6.07 Å². The van der Waals surface area contributed by atoms with Crippen molar-refractivity contribution < 1.29 is 9.59 Å². The number of benzene rings is 3. The number of imidazole rings is 1. The zero-order valence-electron chi connectivity index (χ0n) is 17.9. The number of thioether (sulfide) groups is 1. The van der Waals surface area contributed by atoms with Crippen LogP contribution in [0.4, 0.5) is 5.69 Å². The Kier molecular flexibility index (Phi) is 6.72. The summed E-state index contributed by atoms with van der Waals surface area (Å²) in [4.78, 5) is 30.5. The van der Waals surface area contributed by atoms with Gasteiger partial charge in [-0.1, -0.05) is 30.3 Å². The average molecular weight is 456 g/mol. The van der Waals surface area contributed by atoms with E-state index in [0.29, 0.717) is 28.3 Å². The number of amides is 2. The Morgan fingerprint density at radius 2 is 1.85 bits per heavy atom. The summed E-state index contributed by atoms with van der Waals surface area (Å²) in [5.74, 6) is 0.442. The third kappa shape index (κ3) is 5.22. The van der Waals surface area contributed by atoms with Gasteiger partial charge in [0.15, 0.2) is 0 Å². The first-order chi connectivity index (χ1) is 16.0. The molecule has 0 aliphatic heterocycles. The Morgan fingerprint density at radius 3 is 2.67 bits per heavy atom. The van der Waals surface area contributed by atoms with E-state index in [-0.39, 0.29) is 17.6 Å². The Morgan fingerprint density at radius 1 is 1.06 bits per heavy atom. The number of carbonyl (C=O) groups is 2. The molecule has 1 aromatic heterocycles. The van der Waals surface area contributed by atoms with Crippen LogP contribution in [0.15, 0.2) is 77.7 Å². The summed E-state index contributed by atoms with van der Waals surface area (Å²) in [6, 6.07) is 23.8. The smallest absolute Gasteiger partial charge is 0.252 e. The highest BCUT2D eigenvalue weighted by atomic mass is 32.2. The number of nitrogens with zero attached hydrogens (tertiary/aromatic N) is 3. The topological polar surface area (TPSA) is 99.8 Å². The Hall–Kier alpha value is -4.09. The minimum Gasteiger partial charge on any atom is -0.345 e. The van der Waals surface area contributed by atoms with Crippen molar-refractivity contribution in [2.75, 3.05) is 11.1 Å². The highest BCUT2D eigenvalue weighted by Gasteiger charge is 2.14. The Bertz CT molecular complexity index is 1370. The Balaban J connectivity index is 1.39. The van der Waals surface area contributed by atoms with E-state index in [1.807, 2.05) is 54.1 Å². The molecule has 164 valence electrons. The standard InChI is InChI=1S/C25H21N5O2S/c1-30-21-11-4-3-10-20(21)29-23(30)15-27-25(32)19-9-2-5-12-22(19)33-16-24(31)28-18-8-6-7-17(13-18)14-26/h2-13H,15-16H2,1H3,(H,27,32)(H,28,31). The number of hydrogen-bond donors (Lipinski definition) is 2. The summed E-state index contributed by atoms with van der Waals surface area (Å²) < 4.78 is 1.96. The van der Waals surface area contributed by atoms with Gasteiger partial charge in [0, 0.05) is 17.6 Å². The van der Waals surface area contributed by atoms with E-state index >= 15 is 0 Å². The van der Waals surface area contributed by atoms with Crippen LogP contribution in [0.2, 0.25) is 0 Å². The molecule has 0 bridgehead atoms. The fourth-order valence-electron chi connectivity index (χ4n) is 3.40. The van der Waals surface area contributed by atoms with Gasteiger partial charge >= 0.3 is 0 Å². The molecule has 0 atom stereocenters. The number of aryl methyl sites for hydroxylation is 1. The van der Waals surface area contributed by atoms with Crippen molar-refractivity contribution in [3.63, 3.8) is 0 Å². The molecule has 0 saturated carbocycles. The van der Waals surface area contributed by atoms with Crippen molar-refractivity contribution in [2.24, 2.45) is 7.05 Å². The molecule has 0 fully saturated rings. The quantitative estimate of drug-likeness (QED) is 0.409. The molecule has 1 heterocycles. The summed E-state index contributed by atoms with van der Waals surface area (Å²) in [5, 5.41) is 14.7. The zero-order chi connectivity index (χ0) is 23.2. The van der Waals surface area contributed by atoms with Crippen molar-refractivity contribution >= 4 is 40.3 Å². The zero-order valence-corrected chi connectivity index (χ0v) is 18.7. The summed E-state index contributed by atoms with van der Waals surface area (Å²) >= 11 is 1.28. The first kappa shape index (κ1) is 22.1. The summed E-state index contributed by atoms with van der Waals surface area (Å²) in [6.45, 7) is 0.290. The molecule has 33 heavy (non-hydrogen) atoms. The van der Waals surface area contributed by atoms with Crippen molar-refractivity contribution in [1.82, 2.24) is 14.9 Å². The van der Waals surface area contributed by atoms with Crippen molar-refractivity contribution in [3.05, 3.63) is 89.7 Å². The minimum atomic E-state index is -0.229. The normalized spacial score (nSPS) is 10.5. The van der Waals surface area contributed by atoms with Crippen LogP contribution >= 0.6 is 11.8 Å². The monoisotopic (exact) mass is 455 g/mol. The van der Waals surface area contributed by atoms with Gasteiger partial charge in [0.05, 0.1) is 40.5 Å². The van der Waals surface area contributed by atoms with Gasteiger partial charge in [-0.15, -0.1) is 11.8 Å². The lowest BCUT2D eigenvalue weighted by atomic mass is 10.2. The van der Waals surface area contributed by atoms with Gasteiger partial charge in [-0.25, -0.2) is 4.98 Å². The largest absolute Gasteiger partial charge is 0.345 e. The van der Waals surface area contributed by atoms with E-state index in [1.165, 1.54) is 11.8 Å². The van der Waals surface area contributed by atoms with Crippen LogP contribution in [-0.2, 0) is 18.4 Å². The molecule has 2 amide bonds. The molecule has 7 nitrogen and oxygen atoms in total. The highest BCUT2D eigenvalue weighted by molar-refractivity contribution is 8.00. The summed E-state index contributed by atoms with van der Waals surface area (Å²) in [6.07, 6.45) is 0. The van der Waals surface area contributed by atoms with Crippen LogP contribution in [-0.4, -0.2) is 27.1 Å². The lowest BCUT2D eigenvalue weighted by molar-refractivity contribution is -0.113. The summed E-state index contributed by atoms with van der Waals surface area (Å²) in [7, 11) is 1.92. The van der Waals surface area contributed by atoms with E-state index in [0.717, 1.165) is 16.9 Å². The fourth-order valence-corrected chi connectivity index (χ4v) is 4.24. The maximum absolute atomic E-state index is 12.9. The van der Waals surface area contributed by atoms with Gasteiger partial charge in [-0.2, -0.15) is 5.26 Å². The van der Waals surface area contributed by atoms with Crippen LogP contribution in [0.3, 0.4) is 0 Å². The fraction of sp³-hybridized carbons (Fsp3) is 0.120. The van der Waals surface area contributed by atoms with Gasteiger partial charge in [0.1, 0.15) is 5.82 Å². The number of rotatable bonds is 7. The molecule has 8 heteroatoms. The minimum absolute atomic E-state index is 0.131. The molecule has 4 aromatic rings. The number of hydrogen-bond acceptors (Lipinski definition) is 5. The molecule has 2 N–H and O–H groups in total. The maximum atomic E-state index is 12.9. The number of para-hydroxylation sites is 2. The predicted octanol–water partition coefficient (Wildman–Crippen LogP) is 4.11. The van der Waals surface area contributed by atoms with E-state index in [2.05, 4.69) is 15.6 Å². The van der Waals surface area contributed by atoms with Crippen molar-refractivity contribution in [2.45, 2.75) is 11.4 Å². The molecule has 0 unspecified atom stereocenters. The second-order valence-electron chi connectivity index (χ2n) is 7.28. The van der Waals surface area contributed by atoms with Crippen LogP contribution in [0, 0.1) is 11.3 Å². The molecule has 0 radical (unpaired) electrons. The molecular formula is C25H21N5O2S. The molecule has 0 saturated heterocycles. The third-order valence-corrected chi connectivity index (χ3v) is 6.13. The van der Waals surface area contributed by atoms with E-state index in [1.54, 1.807) is 36.4 Å². The second-order valence-corrected chi connectivity index (χ2v) is 8.30. The van der Waals surface area contributed by atoms with E-state index < -0.39 is 0 Å². The van der Waals surface area contributed by atoms with Gasteiger partial charge in [0.25, 0.3) is 5.91 Å². The average Bonchev–Trinajstić information content (AvgIpc) is 3.17.